The van der Waals surface area contributed by atoms with Crippen molar-refractivity contribution in [2.24, 2.45) is 0 Å². The Morgan fingerprint density at radius 1 is 1.10 bits per heavy atom. The van der Waals surface area contributed by atoms with E-state index < -0.39 is 17.8 Å². The Morgan fingerprint density at radius 2 is 1.76 bits per heavy atom. The van der Waals surface area contributed by atoms with E-state index in [2.05, 4.69) is 5.32 Å². The third-order valence-electron chi connectivity index (χ3n) is 2.96. The maximum Gasteiger partial charge on any atom is 0.418 e. The number of alkyl halides is 3. The molecule has 2 rings (SSSR count). The SMILES string of the molecule is OC(CNc1ccc(Cl)cc1C(F)(F)F)c1ccccc1. The molecule has 0 fully saturated rings. The van der Waals surface area contributed by atoms with E-state index in [-0.39, 0.29) is 17.3 Å². The van der Waals surface area contributed by atoms with Gasteiger partial charge in [-0.1, -0.05) is 41.9 Å². The molecule has 1 atom stereocenters. The summed E-state index contributed by atoms with van der Waals surface area (Å²) in [6.07, 6.45) is -5.41. The highest BCUT2D eigenvalue weighted by Crippen LogP contribution is 2.36. The van der Waals surface area contributed by atoms with Crippen molar-refractivity contribution in [3.8, 4) is 0 Å². The zero-order chi connectivity index (χ0) is 15.5. The molecule has 0 bridgehead atoms. The van der Waals surface area contributed by atoms with E-state index >= 15 is 0 Å². The fourth-order valence-electron chi connectivity index (χ4n) is 1.90. The van der Waals surface area contributed by atoms with Crippen molar-refractivity contribution >= 4 is 17.3 Å². The first-order chi connectivity index (χ1) is 9.88. The van der Waals surface area contributed by atoms with Crippen LogP contribution in [-0.2, 0) is 6.18 Å². The number of aliphatic hydroxyl groups excluding tert-OH is 1. The van der Waals surface area contributed by atoms with Gasteiger partial charge in [0.05, 0.1) is 11.7 Å². The van der Waals surface area contributed by atoms with Crippen molar-refractivity contribution in [1.82, 2.24) is 0 Å². The highest BCUT2D eigenvalue weighted by molar-refractivity contribution is 6.30. The normalized spacial score (nSPS) is 13.0. The number of benzene rings is 2. The van der Waals surface area contributed by atoms with Crippen molar-refractivity contribution in [3.63, 3.8) is 0 Å². The Labute approximate surface area is 125 Å². The van der Waals surface area contributed by atoms with Crippen LogP contribution < -0.4 is 5.32 Å². The first-order valence-corrected chi connectivity index (χ1v) is 6.59. The highest BCUT2D eigenvalue weighted by Gasteiger charge is 2.33. The van der Waals surface area contributed by atoms with Gasteiger partial charge in [0.1, 0.15) is 0 Å². The molecular weight excluding hydrogens is 303 g/mol. The summed E-state index contributed by atoms with van der Waals surface area (Å²) < 4.78 is 38.7. The number of aliphatic hydroxyl groups is 1. The van der Waals surface area contributed by atoms with Crippen molar-refractivity contribution < 1.29 is 18.3 Å². The smallest absolute Gasteiger partial charge is 0.387 e. The summed E-state index contributed by atoms with van der Waals surface area (Å²) in [6, 6.07) is 12.2. The lowest BCUT2D eigenvalue weighted by molar-refractivity contribution is -0.137. The summed E-state index contributed by atoms with van der Waals surface area (Å²) in [5.74, 6) is 0. The molecule has 2 aromatic carbocycles. The van der Waals surface area contributed by atoms with Crippen LogP contribution in [0.25, 0.3) is 0 Å². The molecule has 0 radical (unpaired) electrons. The number of hydrogen-bond donors (Lipinski definition) is 2. The van der Waals surface area contributed by atoms with Gasteiger partial charge >= 0.3 is 6.18 Å². The largest absolute Gasteiger partial charge is 0.418 e. The maximum atomic E-state index is 12.9. The summed E-state index contributed by atoms with van der Waals surface area (Å²) in [4.78, 5) is 0. The summed E-state index contributed by atoms with van der Waals surface area (Å²) >= 11 is 5.60. The van der Waals surface area contributed by atoms with Crippen molar-refractivity contribution in [1.29, 1.82) is 0 Å². The predicted molar refractivity (Wildman–Crippen MR) is 76.3 cm³/mol. The Morgan fingerprint density at radius 3 is 2.38 bits per heavy atom. The number of nitrogens with one attached hydrogen (secondary N) is 1. The molecule has 0 amide bonds. The number of anilines is 1. The molecule has 0 spiro atoms. The highest BCUT2D eigenvalue weighted by atomic mass is 35.5. The molecule has 0 saturated heterocycles. The monoisotopic (exact) mass is 315 g/mol. The summed E-state index contributed by atoms with van der Waals surface area (Å²) in [6.45, 7) is -0.0330. The zero-order valence-corrected chi connectivity index (χ0v) is 11.6. The van der Waals surface area contributed by atoms with Crippen LogP contribution in [0.2, 0.25) is 5.02 Å². The molecule has 0 aliphatic carbocycles. The Hall–Kier alpha value is -1.72. The molecular formula is C15H13ClF3NO. The van der Waals surface area contributed by atoms with Crippen LogP contribution >= 0.6 is 11.6 Å². The molecule has 0 heterocycles. The van der Waals surface area contributed by atoms with Crippen molar-refractivity contribution in [3.05, 3.63) is 64.7 Å². The molecule has 112 valence electrons. The zero-order valence-electron chi connectivity index (χ0n) is 10.9. The molecule has 6 heteroatoms. The lowest BCUT2D eigenvalue weighted by Gasteiger charge is -2.17. The fraction of sp³-hybridized carbons (Fsp3) is 0.200. The minimum absolute atomic E-state index is 0.0106. The fourth-order valence-corrected chi connectivity index (χ4v) is 2.08. The van der Waals surface area contributed by atoms with E-state index in [1.54, 1.807) is 30.3 Å². The molecule has 0 aliphatic heterocycles. The molecule has 2 aromatic rings. The predicted octanol–water partition coefficient (Wildman–Crippen LogP) is 4.50. The van der Waals surface area contributed by atoms with Crippen LogP contribution in [0.5, 0.6) is 0 Å². The van der Waals surface area contributed by atoms with Crippen LogP contribution in [0, 0.1) is 0 Å². The van der Waals surface area contributed by atoms with Crippen LogP contribution in [0.15, 0.2) is 48.5 Å². The summed E-state index contributed by atoms with van der Waals surface area (Å²) in [7, 11) is 0. The van der Waals surface area contributed by atoms with Gasteiger partial charge in [0, 0.05) is 17.3 Å². The molecule has 21 heavy (non-hydrogen) atoms. The standard InChI is InChI=1S/C15H13ClF3NO/c16-11-6-7-13(12(8-11)15(17,18)19)20-9-14(21)10-4-2-1-3-5-10/h1-8,14,20-21H,9H2. The summed E-state index contributed by atoms with van der Waals surface area (Å²) in [5.41, 5.74) is -0.329. The summed E-state index contributed by atoms with van der Waals surface area (Å²) in [5, 5.41) is 12.6. The first kappa shape index (κ1) is 15.7. The van der Waals surface area contributed by atoms with E-state index in [9.17, 15) is 18.3 Å². The lowest BCUT2D eigenvalue weighted by Crippen LogP contribution is -2.16. The molecule has 1 unspecified atom stereocenters. The van der Waals surface area contributed by atoms with Gasteiger partial charge in [-0.05, 0) is 23.8 Å². The van der Waals surface area contributed by atoms with Gasteiger partial charge in [0.25, 0.3) is 0 Å². The third-order valence-corrected chi connectivity index (χ3v) is 3.19. The van der Waals surface area contributed by atoms with Crippen LogP contribution in [-0.4, -0.2) is 11.7 Å². The topological polar surface area (TPSA) is 32.3 Å². The second kappa shape index (κ2) is 6.37. The van der Waals surface area contributed by atoms with Gasteiger partial charge in [0.15, 0.2) is 0 Å². The van der Waals surface area contributed by atoms with Gasteiger partial charge in [-0.15, -0.1) is 0 Å². The minimum atomic E-state index is -4.51. The lowest BCUT2D eigenvalue weighted by atomic mass is 10.1. The Kier molecular flexibility index (Phi) is 4.75. The van der Waals surface area contributed by atoms with Crippen LogP contribution in [0.1, 0.15) is 17.2 Å². The van der Waals surface area contributed by atoms with E-state index in [1.165, 1.54) is 12.1 Å². The minimum Gasteiger partial charge on any atom is -0.387 e. The molecule has 0 aliphatic rings. The molecule has 2 N–H and O–H groups in total. The number of hydrogen-bond acceptors (Lipinski definition) is 2. The number of rotatable bonds is 4. The van der Waals surface area contributed by atoms with Gasteiger partial charge in [0.2, 0.25) is 0 Å². The van der Waals surface area contributed by atoms with Gasteiger partial charge < -0.3 is 10.4 Å². The average molecular weight is 316 g/mol. The van der Waals surface area contributed by atoms with Gasteiger partial charge in [-0.3, -0.25) is 0 Å². The van der Waals surface area contributed by atoms with Crippen LogP contribution in [0.3, 0.4) is 0 Å². The second-order valence-electron chi connectivity index (χ2n) is 4.50. The molecule has 0 saturated carbocycles. The Balaban J connectivity index is 2.14. The van der Waals surface area contributed by atoms with Crippen molar-refractivity contribution in [2.75, 3.05) is 11.9 Å². The van der Waals surface area contributed by atoms with Gasteiger partial charge in [-0.25, -0.2) is 0 Å². The quantitative estimate of drug-likeness (QED) is 0.870. The van der Waals surface area contributed by atoms with E-state index in [4.69, 9.17) is 11.6 Å². The van der Waals surface area contributed by atoms with Crippen molar-refractivity contribution in [2.45, 2.75) is 12.3 Å². The third kappa shape index (κ3) is 4.12. The number of halogens is 4. The van der Waals surface area contributed by atoms with Gasteiger partial charge in [-0.2, -0.15) is 13.2 Å². The second-order valence-corrected chi connectivity index (χ2v) is 4.93. The maximum absolute atomic E-state index is 12.9. The first-order valence-electron chi connectivity index (χ1n) is 6.21. The Bertz CT molecular complexity index is 602. The molecule has 2 nitrogen and oxygen atoms in total. The molecule has 0 aromatic heterocycles. The van der Waals surface area contributed by atoms with E-state index in [1.807, 2.05) is 0 Å². The van der Waals surface area contributed by atoms with E-state index in [0.29, 0.717) is 5.56 Å². The average Bonchev–Trinajstić information content (AvgIpc) is 2.45. The van der Waals surface area contributed by atoms with Crippen LogP contribution in [0.4, 0.5) is 18.9 Å². The van der Waals surface area contributed by atoms with E-state index in [0.717, 1.165) is 6.07 Å².